The van der Waals surface area contributed by atoms with E-state index in [2.05, 4.69) is 5.32 Å². The van der Waals surface area contributed by atoms with E-state index in [1.54, 1.807) is 17.0 Å². The third-order valence-electron chi connectivity index (χ3n) is 4.25. The number of nitrogens with zero attached hydrogens (tertiary/aromatic N) is 1. The number of anilines is 1. The zero-order chi connectivity index (χ0) is 18.7. The molecule has 2 heterocycles. The van der Waals surface area contributed by atoms with E-state index in [-0.39, 0.29) is 23.1 Å². The van der Waals surface area contributed by atoms with Crippen molar-refractivity contribution in [3.63, 3.8) is 0 Å². The van der Waals surface area contributed by atoms with Crippen LogP contribution in [0.3, 0.4) is 0 Å². The van der Waals surface area contributed by atoms with Crippen LogP contribution < -0.4 is 10.1 Å². The van der Waals surface area contributed by atoms with Gasteiger partial charge in [0.1, 0.15) is 17.4 Å². The summed E-state index contributed by atoms with van der Waals surface area (Å²) in [5, 5.41) is 13.7. The van der Waals surface area contributed by atoms with Crippen LogP contribution in [0.25, 0.3) is 0 Å². The van der Waals surface area contributed by atoms with Gasteiger partial charge in [0.05, 0.1) is 12.0 Å². The molecule has 7 nitrogen and oxygen atoms in total. The average Bonchev–Trinajstić information content (AvgIpc) is 3.32. The van der Waals surface area contributed by atoms with E-state index in [0.717, 1.165) is 6.42 Å². The van der Waals surface area contributed by atoms with E-state index >= 15 is 0 Å². The molecule has 1 aromatic heterocycles. The van der Waals surface area contributed by atoms with Crippen molar-refractivity contribution in [2.24, 2.45) is 0 Å². The fourth-order valence-electron chi connectivity index (χ4n) is 3.00. The minimum absolute atomic E-state index is 0.0147. The molecule has 1 aliphatic heterocycles. The monoisotopic (exact) mass is 374 g/mol. The third-order valence-corrected chi connectivity index (χ3v) is 5.11. The second-order valence-corrected chi connectivity index (χ2v) is 6.79. The van der Waals surface area contributed by atoms with Gasteiger partial charge in [-0.05, 0) is 36.4 Å². The van der Waals surface area contributed by atoms with Crippen LogP contribution in [0.4, 0.5) is 5.69 Å². The molecule has 3 rings (SSSR count). The molecule has 1 saturated heterocycles. The Morgan fingerprint density at radius 1 is 1.31 bits per heavy atom. The van der Waals surface area contributed by atoms with E-state index in [0.29, 0.717) is 23.5 Å². The minimum Gasteiger partial charge on any atom is -0.496 e. The normalized spacial score (nSPS) is 16.3. The Labute approximate surface area is 154 Å². The van der Waals surface area contributed by atoms with Crippen LogP contribution >= 0.6 is 11.3 Å². The highest BCUT2D eigenvalue weighted by Crippen LogP contribution is 2.26. The maximum Gasteiger partial charge on any atom is 0.339 e. The number of hydrogen-bond donors (Lipinski definition) is 2. The molecular weight excluding hydrogens is 356 g/mol. The number of nitrogens with one attached hydrogen (secondary N) is 1. The van der Waals surface area contributed by atoms with Gasteiger partial charge < -0.3 is 20.1 Å². The molecular formula is C18H18N2O5S. The van der Waals surface area contributed by atoms with Crippen molar-refractivity contribution in [1.82, 2.24) is 4.90 Å². The Bertz CT molecular complexity index is 834. The predicted molar refractivity (Wildman–Crippen MR) is 97.0 cm³/mol. The van der Waals surface area contributed by atoms with Gasteiger partial charge in [-0.1, -0.05) is 6.07 Å². The summed E-state index contributed by atoms with van der Waals surface area (Å²) in [6, 6.07) is 7.34. The molecule has 136 valence electrons. The van der Waals surface area contributed by atoms with Crippen LogP contribution in [0.5, 0.6) is 5.75 Å². The summed E-state index contributed by atoms with van der Waals surface area (Å²) >= 11 is 1.35. The second-order valence-electron chi connectivity index (χ2n) is 5.84. The molecule has 1 aromatic carbocycles. The van der Waals surface area contributed by atoms with Gasteiger partial charge in [-0.25, -0.2) is 4.79 Å². The Balaban J connectivity index is 1.75. The summed E-state index contributed by atoms with van der Waals surface area (Å²) in [6.07, 6.45) is 1.35. The highest BCUT2D eigenvalue weighted by Gasteiger charge is 2.35. The van der Waals surface area contributed by atoms with Crippen LogP contribution in [0.15, 0.2) is 35.7 Å². The van der Waals surface area contributed by atoms with Crippen LogP contribution in [-0.2, 0) is 4.79 Å². The number of carbonyl (C=O) groups is 3. The third kappa shape index (κ3) is 3.55. The highest BCUT2D eigenvalue weighted by molar-refractivity contribution is 7.12. The molecule has 0 spiro atoms. The highest BCUT2D eigenvalue weighted by atomic mass is 32.1. The molecule has 2 N–H and O–H groups in total. The first-order valence-electron chi connectivity index (χ1n) is 8.08. The Hall–Kier alpha value is -2.87. The number of amides is 2. The molecule has 1 aliphatic rings. The fourth-order valence-corrected chi connectivity index (χ4v) is 3.67. The molecule has 0 radical (unpaired) electrons. The van der Waals surface area contributed by atoms with E-state index < -0.39 is 12.0 Å². The van der Waals surface area contributed by atoms with Crippen molar-refractivity contribution in [2.45, 2.75) is 18.9 Å². The van der Waals surface area contributed by atoms with Gasteiger partial charge in [0.25, 0.3) is 5.91 Å². The number of carboxylic acids is 1. The Morgan fingerprint density at radius 2 is 2.12 bits per heavy atom. The number of aromatic carboxylic acids is 1. The number of benzene rings is 1. The van der Waals surface area contributed by atoms with E-state index in [4.69, 9.17) is 9.84 Å². The van der Waals surface area contributed by atoms with Gasteiger partial charge in [0, 0.05) is 18.3 Å². The van der Waals surface area contributed by atoms with Crippen molar-refractivity contribution >= 4 is 34.8 Å². The zero-order valence-electron chi connectivity index (χ0n) is 14.1. The lowest BCUT2D eigenvalue weighted by Gasteiger charge is -2.23. The van der Waals surface area contributed by atoms with E-state index in [1.165, 1.54) is 36.6 Å². The first kappa shape index (κ1) is 17.9. The number of ether oxygens (including phenoxy) is 1. The lowest BCUT2D eigenvalue weighted by molar-refractivity contribution is -0.119. The number of carbonyl (C=O) groups excluding carboxylic acids is 2. The topological polar surface area (TPSA) is 95.9 Å². The molecule has 26 heavy (non-hydrogen) atoms. The van der Waals surface area contributed by atoms with Gasteiger partial charge in [-0.2, -0.15) is 0 Å². The number of carboxylic acid groups (broad SMARTS) is 1. The van der Waals surface area contributed by atoms with E-state index in [1.807, 2.05) is 5.38 Å². The molecule has 0 aliphatic carbocycles. The zero-order valence-corrected chi connectivity index (χ0v) is 14.9. The number of hydrogen-bond acceptors (Lipinski definition) is 5. The first-order valence-corrected chi connectivity index (χ1v) is 8.96. The van der Waals surface area contributed by atoms with Crippen molar-refractivity contribution < 1.29 is 24.2 Å². The van der Waals surface area contributed by atoms with Crippen LogP contribution in [-0.4, -0.2) is 47.5 Å². The summed E-state index contributed by atoms with van der Waals surface area (Å²) in [5.41, 5.74) is 0.438. The maximum absolute atomic E-state index is 12.7. The van der Waals surface area contributed by atoms with Gasteiger partial charge in [-0.3, -0.25) is 9.59 Å². The summed E-state index contributed by atoms with van der Waals surface area (Å²) in [5.74, 6) is -1.38. The molecule has 1 atom stereocenters. The molecule has 0 saturated carbocycles. The summed E-state index contributed by atoms with van der Waals surface area (Å²) < 4.78 is 5.07. The standard InChI is InChI=1S/C18H18N2O5S/c1-25-14-10-11(6-7-12(14)18(23)24)19-16(21)13-4-2-8-20(13)17(22)15-5-3-9-26-15/h3,5-7,9-10,13H,2,4,8H2,1H3,(H,19,21)(H,23,24). The molecule has 1 fully saturated rings. The SMILES string of the molecule is COc1cc(NC(=O)C2CCCN2C(=O)c2cccs2)ccc1C(=O)O. The average molecular weight is 374 g/mol. The van der Waals surface area contributed by atoms with Crippen LogP contribution in [0.2, 0.25) is 0 Å². The van der Waals surface area contributed by atoms with Crippen molar-refractivity contribution in [3.05, 3.63) is 46.2 Å². The lowest BCUT2D eigenvalue weighted by atomic mass is 10.1. The van der Waals surface area contributed by atoms with Gasteiger partial charge in [0.15, 0.2) is 0 Å². The summed E-state index contributed by atoms with van der Waals surface area (Å²) in [7, 11) is 1.37. The quantitative estimate of drug-likeness (QED) is 0.839. The smallest absolute Gasteiger partial charge is 0.339 e. The fraction of sp³-hybridized carbons (Fsp3) is 0.278. The second kappa shape index (κ2) is 7.57. The first-order chi connectivity index (χ1) is 12.5. The molecule has 2 amide bonds. The number of thiophene rings is 1. The largest absolute Gasteiger partial charge is 0.496 e. The Morgan fingerprint density at radius 3 is 2.77 bits per heavy atom. The molecule has 1 unspecified atom stereocenters. The van der Waals surface area contributed by atoms with Crippen molar-refractivity contribution in [3.8, 4) is 5.75 Å². The van der Waals surface area contributed by atoms with Crippen molar-refractivity contribution in [2.75, 3.05) is 19.0 Å². The van der Waals surface area contributed by atoms with Gasteiger partial charge in [-0.15, -0.1) is 11.3 Å². The molecule has 2 aromatic rings. The van der Waals surface area contributed by atoms with E-state index in [9.17, 15) is 14.4 Å². The number of likely N-dealkylation sites (tertiary alicyclic amines) is 1. The lowest BCUT2D eigenvalue weighted by Crippen LogP contribution is -2.42. The van der Waals surface area contributed by atoms with Crippen LogP contribution in [0.1, 0.15) is 32.9 Å². The summed E-state index contributed by atoms with van der Waals surface area (Å²) in [6.45, 7) is 0.538. The predicted octanol–water partition coefficient (Wildman–Crippen LogP) is 2.70. The van der Waals surface area contributed by atoms with Crippen molar-refractivity contribution in [1.29, 1.82) is 0 Å². The van der Waals surface area contributed by atoms with Crippen LogP contribution in [0, 0.1) is 0 Å². The van der Waals surface area contributed by atoms with Gasteiger partial charge in [0.2, 0.25) is 5.91 Å². The Kier molecular flexibility index (Phi) is 5.22. The molecule has 8 heteroatoms. The number of methoxy groups -OCH3 is 1. The van der Waals surface area contributed by atoms with Gasteiger partial charge >= 0.3 is 5.97 Å². The molecule has 0 bridgehead atoms. The minimum atomic E-state index is -1.11. The maximum atomic E-state index is 12.7. The summed E-state index contributed by atoms with van der Waals surface area (Å²) in [4.78, 5) is 38.6. The number of rotatable bonds is 5.